The van der Waals surface area contributed by atoms with Gasteiger partial charge in [-0.25, -0.2) is 9.67 Å². The summed E-state index contributed by atoms with van der Waals surface area (Å²) in [7, 11) is 3.90. The lowest BCUT2D eigenvalue weighted by Crippen LogP contribution is -2.33. The molecule has 2 aromatic carbocycles. The van der Waals surface area contributed by atoms with E-state index in [2.05, 4.69) is 34.3 Å². The van der Waals surface area contributed by atoms with Crippen LogP contribution in [0, 0.1) is 0 Å². The highest BCUT2D eigenvalue weighted by Crippen LogP contribution is 2.37. The fourth-order valence-electron chi connectivity index (χ4n) is 4.91. The van der Waals surface area contributed by atoms with E-state index in [1.165, 1.54) is 17.5 Å². The number of carbonyl (C=O) groups is 1. The number of carbonyl (C=O) groups excluding carboxylic acids is 1. The van der Waals surface area contributed by atoms with Crippen LogP contribution >= 0.6 is 0 Å². The third-order valence-corrected chi connectivity index (χ3v) is 6.53. The second kappa shape index (κ2) is 9.02. The number of nitrogens with zero attached hydrogens (tertiary/aromatic N) is 6. The fourth-order valence-corrected chi connectivity index (χ4v) is 4.91. The molecule has 0 N–H and O–H groups in total. The average molecular weight is 441 g/mol. The molecule has 4 aromatic rings. The lowest BCUT2D eigenvalue weighted by Gasteiger charge is -2.30. The number of rotatable bonds is 4. The molecule has 2 heterocycles. The summed E-state index contributed by atoms with van der Waals surface area (Å²) in [6.45, 7) is 0. The molecule has 1 amide bonds. The second-order valence-electron chi connectivity index (χ2n) is 8.59. The van der Waals surface area contributed by atoms with Gasteiger partial charge in [0, 0.05) is 25.2 Å². The molecule has 1 unspecified atom stereocenters. The molecule has 0 saturated carbocycles. The fraction of sp³-hybridized carbons (Fsp3) is 0.308. The van der Waals surface area contributed by atoms with Crippen molar-refractivity contribution in [1.29, 1.82) is 0 Å². The zero-order valence-electron chi connectivity index (χ0n) is 19.1. The largest absolute Gasteiger partial charge is 0.333 e. The normalized spacial score (nSPS) is 16.0. The highest BCUT2D eigenvalue weighted by Gasteiger charge is 2.31. The van der Waals surface area contributed by atoms with Gasteiger partial charge in [-0.3, -0.25) is 9.48 Å². The van der Waals surface area contributed by atoms with E-state index in [9.17, 15) is 4.79 Å². The lowest BCUT2D eigenvalue weighted by molar-refractivity contribution is 0.0713. The van der Waals surface area contributed by atoms with Crippen LogP contribution in [-0.4, -0.2) is 42.4 Å². The Hall–Kier alpha value is -3.74. The van der Waals surface area contributed by atoms with Crippen LogP contribution in [-0.2, 0) is 13.5 Å². The number of amides is 1. The van der Waals surface area contributed by atoms with Gasteiger partial charge < -0.3 is 4.90 Å². The van der Waals surface area contributed by atoms with Crippen molar-refractivity contribution in [1.82, 2.24) is 29.4 Å². The summed E-state index contributed by atoms with van der Waals surface area (Å²) in [5.41, 5.74) is 5.93. The first kappa shape index (κ1) is 21.1. The molecule has 2 aromatic heterocycles. The summed E-state index contributed by atoms with van der Waals surface area (Å²) in [6.07, 6.45) is 8.32. The Balaban J connectivity index is 1.55. The van der Waals surface area contributed by atoms with Gasteiger partial charge in [-0.05, 0) is 31.4 Å². The van der Waals surface area contributed by atoms with Crippen LogP contribution in [0.25, 0.3) is 16.9 Å². The molecule has 1 aliphatic rings. The topological polar surface area (TPSA) is 68.8 Å². The molecule has 0 bridgehead atoms. The highest BCUT2D eigenvalue weighted by atomic mass is 16.2. The third kappa shape index (κ3) is 3.95. The molecule has 5 rings (SSSR count). The molecule has 0 aliphatic heterocycles. The van der Waals surface area contributed by atoms with Crippen LogP contribution in [0.2, 0.25) is 0 Å². The van der Waals surface area contributed by atoms with Crippen LogP contribution in [0.3, 0.4) is 0 Å². The molecule has 0 fully saturated rings. The van der Waals surface area contributed by atoms with E-state index >= 15 is 0 Å². The van der Waals surface area contributed by atoms with Crippen molar-refractivity contribution in [3.63, 3.8) is 0 Å². The summed E-state index contributed by atoms with van der Waals surface area (Å²) in [5.74, 6) is -0.0375. The SMILES string of the molecule is CN(C(=O)c1ccccc1-n1cncn1)C1CCCCCc2c1nn(C)c2-c1ccccc1. The molecule has 0 saturated heterocycles. The Kier molecular flexibility index (Phi) is 5.77. The highest BCUT2D eigenvalue weighted by molar-refractivity contribution is 5.97. The van der Waals surface area contributed by atoms with Crippen molar-refractivity contribution in [2.45, 2.75) is 38.1 Å². The van der Waals surface area contributed by atoms with Gasteiger partial charge in [-0.2, -0.15) is 10.2 Å². The summed E-state index contributed by atoms with van der Waals surface area (Å²) in [4.78, 5) is 19.7. The summed E-state index contributed by atoms with van der Waals surface area (Å²) < 4.78 is 3.62. The van der Waals surface area contributed by atoms with Crippen LogP contribution in [0.4, 0.5) is 0 Å². The Bertz CT molecular complexity index is 1250. The first-order valence-corrected chi connectivity index (χ1v) is 11.5. The molecule has 7 heteroatoms. The maximum atomic E-state index is 13.8. The molecule has 7 nitrogen and oxygen atoms in total. The Labute approximate surface area is 193 Å². The van der Waals surface area contributed by atoms with E-state index in [-0.39, 0.29) is 11.9 Å². The van der Waals surface area contributed by atoms with E-state index in [0.717, 1.165) is 49.2 Å². The Morgan fingerprint density at radius 2 is 1.82 bits per heavy atom. The smallest absolute Gasteiger partial charge is 0.256 e. The van der Waals surface area contributed by atoms with E-state index in [1.807, 2.05) is 54.0 Å². The molecular formula is C26H28N6O. The van der Waals surface area contributed by atoms with E-state index in [0.29, 0.717) is 5.56 Å². The van der Waals surface area contributed by atoms with E-state index in [4.69, 9.17) is 5.10 Å². The number of benzene rings is 2. The minimum Gasteiger partial charge on any atom is -0.333 e. The predicted octanol–water partition coefficient (Wildman–Crippen LogP) is 4.60. The van der Waals surface area contributed by atoms with Gasteiger partial charge >= 0.3 is 0 Å². The summed E-state index contributed by atoms with van der Waals surface area (Å²) in [5, 5.41) is 9.21. The number of fused-ring (bicyclic) bond motifs is 1. The molecule has 0 spiro atoms. The van der Waals surface area contributed by atoms with Crippen molar-refractivity contribution in [3.05, 3.63) is 84.1 Å². The van der Waals surface area contributed by atoms with Crippen molar-refractivity contribution >= 4 is 5.91 Å². The molecule has 1 atom stereocenters. The quantitative estimate of drug-likeness (QED) is 0.465. The first-order valence-electron chi connectivity index (χ1n) is 11.5. The number of para-hydroxylation sites is 1. The molecule has 1 aliphatic carbocycles. The number of hydrogen-bond acceptors (Lipinski definition) is 4. The predicted molar refractivity (Wildman–Crippen MR) is 127 cm³/mol. The monoisotopic (exact) mass is 440 g/mol. The maximum absolute atomic E-state index is 13.8. The van der Waals surface area contributed by atoms with Gasteiger partial charge in [0.25, 0.3) is 5.91 Å². The van der Waals surface area contributed by atoms with Crippen molar-refractivity contribution in [2.24, 2.45) is 7.05 Å². The molecule has 33 heavy (non-hydrogen) atoms. The zero-order valence-corrected chi connectivity index (χ0v) is 19.1. The van der Waals surface area contributed by atoms with Crippen LogP contribution in [0.15, 0.2) is 67.3 Å². The van der Waals surface area contributed by atoms with Crippen molar-refractivity contribution in [2.75, 3.05) is 7.05 Å². The van der Waals surface area contributed by atoms with Gasteiger partial charge in [0.05, 0.1) is 28.7 Å². The summed E-state index contributed by atoms with van der Waals surface area (Å²) in [6, 6.07) is 17.9. The molecular weight excluding hydrogens is 412 g/mol. The Morgan fingerprint density at radius 3 is 2.61 bits per heavy atom. The zero-order chi connectivity index (χ0) is 22.8. The van der Waals surface area contributed by atoms with Gasteiger partial charge in [-0.15, -0.1) is 0 Å². The number of hydrogen-bond donors (Lipinski definition) is 0. The van der Waals surface area contributed by atoms with Crippen molar-refractivity contribution in [3.8, 4) is 16.9 Å². The summed E-state index contributed by atoms with van der Waals surface area (Å²) >= 11 is 0. The molecule has 0 radical (unpaired) electrons. The van der Waals surface area contributed by atoms with Gasteiger partial charge in [0.15, 0.2) is 0 Å². The molecule has 168 valence electrons. The first-order chi connectivity index (χ1) is 16.1. The van der Waals surface area contributed by atoms with Gasteiger partial charge in [0.2, 0.25) is 0 Å². The van der Waals surface area contributed by atoms with Crippen molar-refractivity contribution < 1.29 is 4.79 Å². The van der Waals surface area contributed by atoms with Gasteiger partial charge in [0.1, 0.15) is 12.7 Å². The third-order valence-electron chi connectivity index (χ3n) is 6.53. The minimum atomic E-state index is -0.0831. The standard InChI is InChI=1S/C26H28N6O/c1-30(26(33)20-13-9-10-15-22(20)32-18-27-17-28-32)23-16-8-4-7-14-21-24(23)29-31(2)25(21)19-11-5-3-6-12-19/h3,5-6,9-13,15,17-18,23H,4,7-8,14,16H2,1-2H3. The minimum absolute atomic E-state index is 0.0375. The van der Waals surface area contributed by atoms with E-state index in [1.54, 1.807) is 11.0 Å². The van der Waals surface area contributed by atoms with Crippen LogP contribution in [0.5, 0.6) is 0 Å². The number of aryl methyl sites for hydroxylation is 1. The number of aromatic nitrogens is 5. The average Bonchev–Trinajstić information content (AvgIpc) is 3.47. The van der Waals surface area contributed by atoms with Crippen LogP contribution < -0.4 is 0 Å². The second-order valence-corrected chi connectivity index (χ2v) is 8.59. The maximum Gasteiger partial charge on any atom is 0.256 e. The van der Waals surface area contributed by atoms with Crippen LogP contribution in [0.1, 0.15) is 53.3 Å². The van der Waals surface area contributed by atoms with E-state index < -0.39 is 0 Å². The lowest BCUT2D eigenvalue weighted by atomic mass is 9.91. The Morgan fingerprint density at radius 1 is 1.03 bits per heavy atom. The van der Waals surface area contributed by atoms with Gasteiger partial charge in [-0.1, -0.05) is 55.3 Å².